The fourth-order valence-corrected chi connectivity index (χ4v) is 0.643. The summed E-state index contributed by atoms with van der Waals surface area (Å²) in [5, 5.41) is 5.57. The summed E-state index contributed by atoms with van der Waals surface area (Å²) in [5.74, 6) is -0.0195. The summed E-state index contributed by atoms with van der Waals surface area (Å²) < 4.78 is 4.77. The fourth-order valence-electron chi connectivity index (χ4n) is 0.643. The van der Waals surface area contributed by atoms with Crippen LogP contribution >= 0.6 is 0 Å². The number of amides is 1. The molecule has 0 aromatic heterocycles. The summed E-state index contributed by atoms with van der Waals surface area (Å²) in [5.41, 5.74) is 0. The molecule has 0 aliphatic carbocycles. The second kappa shape index (κ2) is 8.23. The van der Waals surface area contributed by atoms with Crippen LogP contribution in [0.2, 0.25) is 0 Å². The molecule has 0 spiro atoms. The number of ether oxygens (including phenoxy) is 1. The van der Waals surface area contributed by atoms with Gasteiger partial charge in [0.2, 0.25) is 5.91 Å². The molecule has 1 amide bonds. The van der Waals surface area contributed by atoms with Crippen molar-refractivity contribution in [3.05, 3.63) is 12.7 Å². The van der Waals surface area contributed by atoms with Crippen LogP contribution in [0, 0.1) is 0 Å². The zero-order valence-electron chi connectivity index (χ0n) is 7.43. The molecule has 12 heavy (non-hydrogen) atoms. The average molecular weight is 172 g/mol. The van der Waals surface area contributed by atoms with E-state index in [2.05, 4.69) is 17.2 Å². The van der Waals surface area contributed by atoms with Crippen LogP contribution in [0.3, 0.4) is 0 Å². The third-order valence-corrected chi connectivity index (χ3v) is 1.20. The minimum absolute atomic E-state index is 0.0195. The van der Waals surface area contributed by atoms with Crippen molar-refractivity contribution in [1.82, 2.24) is 10.6 Å². The summed E-state index contributed by atoms with van der Waals surface area (Å²) in [6.45, 7) is 5.61. The van der Waals surface area contributed by atoms with Gasteiger partial charge >= 0.3 is 0 Å². The number of hydrogen-bond acceptors (Lipinski definition) is 3. The van der Waals surface area contributed by atoms with E-state index in [1.807, 2.05) is 0 Å². The lowest BCUT2D eigenvalue weighted by atomic mass is 10.5. The number of hydrogen-bond donors (Lipinski definition) is 2. The van der Waals surface area contributed by atoms with E-state index in [0.29, 0.717) is 26.2 Å². The van der Waals surface area contributed by atoms with Gasteiger partial charge in [-0.05, 0) is 0 Å². The SMILES string of the molecule is C=CCNCC(=O)NCCOC. The molecule has 0 aromatic carbocycles. The van der Waals surface area contributed by atoms with E-state index >= 15 is 0 Å². The van der Waals surface area contributed by atoms with Crippen molar-refractivity contribution in [2.75, 3.05) is 33.4 Å². The second-order valence-corrected chi connectivity index (χ2v) is 2.26. The Labute approximate surface area is 73.0 Å². The fraction of sp³-hybridized carbons (Fsp3) is 0.625. The molecule has 0 aliphatic heterocycles. The molecular formula is C8H16N2O2. The first-order valence-electron chi connectivity index (χ1n) is 3.88. The smallest absolute Gasteiger partial charge is 0.234 e. The maximum absolute atomic E-state index is 10.9. The van der Waals surface area contributed by atoms with Crippen molar-refractivity contribution in [2.45, 2.75) is 0 Å². The van der Waals surface area contributed by atoms with Gasteiger partial charge in [0.1, 0.15) is 0 Å². The van der Waals surface area contributed by atoms with Crippen LogP contribution in [0.4, 0.5) is 0 Å². The first kappa shape index (κ1) is 11.1. The molecule has 0 aliphatic rings. The maximum Gasteiger partial charge on any atom is 0.234 e. The molecule has 0 unspecified atom stereocenters. The molecule has 0 fully saturated rings. The van der Waals surface area contributed by atoms with E-state index in [1.165, 1.54) is 0 Å². The van der Waals surface area contributed by atoms with Gasteiger partial charge in [-0.1, -0.05) is 6.08 Å². The molecule has 0 aromatic rings. The Kier molecular flexibility index (Phi) is 7.63. The molecule has 0 bridgehead atoms. The third-order valence-electron chi connectivity index (χ3n) is 1.20. The first-order chi connectivity index (χ1) is 5.81. The quantitative estimate of drug-likeness (QED) is 0.403. The van der Waals surface area contributed by atoms with Crippen molar-refractivity contribution in [3.8, 4) is 0 Å². The lowest BCUT2D eigenvalue weighted by Gasteiger charge is -2.03. The van der Waals surface area contributed by atoms with Crippen molar-refractivity contribution in [3.63, 3.8) is 0 Å². The second-order valence-electron chi connectivity index (χ2n) is 2.26. The van der Waals surface area contributed by atoms with E-state index < -0.39 is 0 Å². The van der Waals surface area contributed by atoms with Crippen molar-refractivity contribution in [2.24, 2.45) is 0 Å². The number of rotatable bonds is 7. The molecule has 70 valence electrons. The normalized spacial score (nSPS) is 9.42. The summed E-state index contributed by atoms with van der Waals surface area (Å²) in [4.78, 5) is 10.9. The topological polar surface area (TPSA) is 50.4 Å². The van der Waals surface area contributed by atoms with Gasteiger partial charge in [0.15, 0.2) is 0 Å². The van der Waals surface area contributed by atoms with E-state index in [4.69, 9.17) is 4.74 Å². The van der Waals surface area contributed by atoms with E-state index in [9.17, 15) is 4.79 Å². The molecule has 0 rings (SSSR count). The monoisotopic (exact) mass is 172 g/mol. The maximum atomic E-state index is 10.9. The van der Waals surface area contributed by atoms with Gasteiger partial charge < -0.3 is 15.4 Å². The first-order valence-corrected chi connectivity index (χ1v) is 3.88. The third kappa shape index (κ3) is 7.24. The Morgan fingerprint density at radius 1 is 1.67 bits per heavy atom. The highest BCUT2D eigenvalue weighted by Crippen LogP contribution is 1.67. The lowest BCUT2D eigenvalue weighted by Crippen LogP contribution is -2.35. The lowest BCUT2D eigenvalue weighted by molar-refractivity contribution is -0.120. The van der Waals surface area contributed by atoms with E-state index in [-0.39, 0.29) is 5.91 Å². The Bertz CT molecular complexity index is 137. The van der Waals surface area contributed by atoms with Gasteiger partial charge in [-0.25, -0.2) is 0 Å². The molecule has 4 nitrogen and oxygen atoms in total. The number of carbonyl (C=O) groups excluding carboxylic acids is 1. The van der Waals surface area contributed by atoms with Crippen LogP contribution < -0.4 is 10.6 Å². The molecule has 0 saturated heterocycles. The number of nitrogens with one attached hydrogen (secondary N) is 2. The summed E-state index contributed by atoms with van der Waals surface area (Å²) in [6.07, 6.45) is 1.71. The zero-order chi connectivity index (χ0) is 9.23. The van der Waals surface area contributed by atoms with Gasteiger partial charge in [-0.3, -0.25) is 4.79 Å². The summed E-state index contributed by atoms with van der Waals surface area (Å²) in [7, 11) is 1.60. The molecule has 4 heteroatoms. The van der Waals surface area contributed by atoms with Gasteiger partial charge in [-0.15, -0.1) is 6.58 Å². The molecule has 2 N–H and O–H groups in total. The van der Waals surface area contributed by atoms with Crippen LogP contribution in [-0.2, 0) is 9.53 Å². The minimum Gasteiger partial charge on any atom is -0.383 e. The number of carbonyl (C=O) groups is 1. The molecular weight excluding hydrogens is 156 g/mol. The molecule has 0 heterocycles. The Hall–Kier alpha value is -0.870. The Morgan fingerprint density at radius 3 is 3.00 bits per heavy atom. The van der Waals surface area contributed by atoms with E-state index in [0.717, 1.165) is 0 Å². The average Bonchev–Trinajstić information content (AvgIpc) is 2.06. The molecule has 0 atom stereocenters. The van der Waals surface area contributed by atoms with Gasteiger partial charge in [0, 0.05) is 20.2 Å². The Morgan fingerprint density at radius 2 is 2.42 bits per heavy atom. The highest BCUT2D eigenvalue weighted by atomic mass is 16.5. The minimum atomic E-state index is -0.0195. The van der Waals surface area contributed by atoms with Crippen LogP contribution in [0.25, 0.3) is 0 Å². The van der Waals surface area contributed by atoms with Gasteiger partial charge in [0.05, 0.1) is 13.2 Å². The highest BCUT2D eigenvalue weighted by Gasteiger charge is 1.96. The molecule has 0 saturated carbocycles. The van der Waals surface area contributed by atoms with Crippen LogP contribution in [0.5, 0.6) is 0 Å². The van der Waals surface area contributed by atoms with Crippen molar-refractivity contribution >= 4 is 5.91 Å². The van der Waals surface area contributed by atoms with Gasteiger partial charge in [-0.2, -0.15) is 0 Å². The number of methoxy groups -OCH3 is 1. The van der Waals surface area contributed by atoms with Crippen LogP contribution in [-0.4, -0.2) is 39.3 Å². The van der Waals surface area contributed by atoms with Crippen LogP contribution in [0.15, 0.2) is 12.7 Å². The Balaban J connectivity index is 3.15. The van der Waals surface area contributed by atoms with E-state index in [1.54, 1.807) is 13.2 Å². The molecule has 0 radical (unpaired) electrons. The summed E-state index contributed by atoms with van der Waals surface area (Å²) >= 11 is 0. The van der Waals surface area contributed by atoms with Gasteiger partial charge in [0.25, 0.3) is 0 Å². The predicted octanol–water partition coefficient (Wildman–Crippen LogP) is -0.475. The standard InChI is InChI=1S/C8H16N2O2/c1-3-4-9-7-8(11)10-5-6-12-2/h3,9H,1,4-7H2,2H3,(H,10,11). The largest absolute Gasteiger partial charge is 0.383 e. The highest BCUT2D eigenvalue weighted by molar-refractivity contribution is 5.77. The summed E-state index contributed by atoms with van der Waals surface area (Å²) in [6, 6.07) is 0. The van der Waals surface area contributed by atoms with Crippen LogP contribution in [0.1, 0.15) is 0 Å². The zero-order valence-corrected chi connectivity index (χ0v) is 7.43. The van der Waals surface area contributed by atoms with Crippen molar-refractivity contribution < 1.29 is 9.53 Å². The van der Waals surface area contributed by atoms with Crippen molar-refractivity contribution in [1.29, 1.82) is 0 Å². The predicted molar refractivity (Wildman–Crippen MR) is 48.0 cm³/mol.